The summed E-state index contributed by atoms with van der Waals surface area (Å²) in [4.78, 5) is 27.5. The predicted molar refractivity (Wildman–Crippen MR) is 79.8 cm³/mol. The van der Waals surface area contributed by atoms with Gasteiger partial charge in [0, 0.05) is 28.5 Å². The number of halogens is 1. The minimum atomic E-state index is -0.906. The average molecular weight is 339 g/mol. The molecular weight excluding hydrogens is 324 g/mol. The fourth-order valence-corrected chi connectivity index (χ4v) is 2.38. The van der Waals surface area contributed by atoms with Crippen molar-refractivity contribution in [3.8, 4) is 0 Å². The molecule has 0 aliphatic carbocycles. The van der Waals surface area contributed by atoms with Crippen LogP contribution in [0.4, 0.5) is 0 Å². The smallest absolute Gasteiger partial charge is 0.305 e. The van der Waals surface area contributed by atoms with Gasteiger partial charge in [-0.3, -0.25) is 9.59 Å². The maximum atomic E-state index is 12.3. The Morgan fingerprint density at radius 1 is 1.35 bits per heavy atom. The van der Waals surface area contributed by atoms with Crippen LogP contribution in [0.1, 0.15) is 23.8 Å². The van der Waals surface area contributed by atoms with E-state index >= 15 is 0 Å². The number of fused-ring (bicyclic) bond motifs is 1. The fourth-order valence-electron chi connectivity index (χ4n) is 2.02. The Bertz CT molecular complexity index is 651. The van der Waals surface area contributed by atoms with E-state index in [0.717, 1.165) is 15.4 Å². The molecule has 0 radical (unpaired) electrons. The van der Waals surface area contributed by atoms with Crippen LogP contribution < -0.4 is 0 Å². The summed E-state index contributed by atoms with van der Waals surface area (Å²) in [7, 11) is 0. The molecule has 2 aromatic rings. The van der Waals surface area contributed by atoms with E-state index in [1.165, 1.54) is 4.90 Å². The molecule has 1 amide bonds. The van der Waals surface area contributed by atoms with Crippen molar-refractivity contribution in [1.82, 2.24) is 9.88 Å². The first-order valence-corrected chi connectivity index (χ1v) is 7.10. The molecule has 1 aromatic carbocycles. The van der Waals surface area contributed by atoms with Crippen LogP contribution in [0.2, 0.25) is 0 Å². The molecule has 0 spiro atoms. The zero-order valence-electron chi connectivity index (χ0n) is 11.0. The fraction of sp³-hybridized carbons (Fsp3) is 0.286. The molecule has 106 valence electrons. The number of aromatic nitrogens is 1. The lowest BCUT2D eigenvalue weighted by atomic mass is 10.2. The van der Waals surface area contributed by atoms with Gasteiger partial charge < -0.3 is 15.0 Å². The maximum Gasteiger partial charge on any atom is 0.305 e. The summed E-state index contributed by atoms with van der Waals surface area (Å²) in [5.74, 6) is -1.09. The number of aliphatic carboxylic acids is 1. The molecule has 0 aliphatic heterocycles. The standard InChI is InChI=1S/C14H15BrN2O3/c1-2-17(6-5-13(18)19)14(20)12-7-9-3-4-10(15)8-11(9)16-12/h3-4,7-8,16H,2,5-6H2,1H3,(H,18,19). The molecule has 0 saturated heterocycles. The van der Waals surface area contributed by atoms with Crippen molar-refractivity contribution in [1.29, 1.82) is 0 Å². The van der Waals surface area contributed by atoms with Crippen LogP contribution in [0.15, 0.2) is 28.7 Å². The molecule has 0 fully saturated rings. The highest BCUT2D eigenvalue weighted by Crippen LogP contribution is 2.21. The molecule has 1 aromatic heterocycles. The van der Waals surface area contributed by atoms with Gasteiger partial charge in [-0.1, -0.05) is 22.0 Å². The number of carboxylic acid groups (broad SMARTS) is 1. The molecule has 2 rings (SSSR count). The quantitative estimate of drug-likeness (QED) is 0.880. The highest BCUT2D eigenvalue weighted by Gasteiger charge is 2.17. The number of benzene rings is 1. The number of amides is 1. The minimum Gasteiger partial charge on any atom is -0.481 e. The van der Waals surface area contributed by atoms with Gasteiger partial charge in [-0.05, 0) is 25.1 Å². The van der Waals surface area contributed by atoms with E-state index in [0.29, 0.717) is 12.2 Å². The molecule has 0 saturated carbocycles. The van der Waals surface area contributed by atoms with Crippen LogP contribution in [0.3, 0.4) is 0 Å². The van der Waals surface area contributed by atoms with Gasteiger partial charge in [0.05, 0.1) is 6.42 Å². The number of carbonyl (C=O) groups excluding carboxylic acids is 1. The van der Waals surface area contributed by atoms with Crippen molar-refractivity contribution >= 4 is 38.7 Å². The molecule has 2 N–H and O–H groups in total. The van der Waals surface area contributed by atoms with Gasteiger partial charge in [0.15, 0.2) is 0 Å². The van der Waals surface area contributed by atoms with E-state index in [4.69, 9.17) is 5.11 Å². The van der Waals surface area contributed by atoms with Crippen LogP contribution in [0, 0.1) is 0 Å². The number of nitrogens with one attached hydrogen (secondary N) is 1. The number of carbonyl (C=O) groups is 2. The van der Waals surface area contributed by atoms with Gasteiger partial charge in [0.2, 0.25) is 0 Å². The van der Waals surface area contributed by atoms with Gasteiger partial charge >= 0.3 is 5.97 Å². The zero-order valence-corrected chi connectivity index (χ0v) is 12.6. The largest absolute Gasteiger partial charge is 0.481 e. The molecule has 0 aliphatic rings. The van der Waals surface area contributed by atoms with E-state index in [2.05, 4.69) is 20.9 Å². The van der Waals surface area contributed by atoms with Crippen LogP contribution >= 0.6 is 15.9 Å². The molecular formula is C14H15BrN2O3. The van der Waals surface area contributed by atoms with Gasteiger partial charge in [-0.15, -0.1) is 0 Å². The van der Waals surface area contributed by atoms with Crippen molar-refractivity contribution in [2.24, 2.45) is 0 Å². The van der Waals surface area contributed by atoms with Gasteiger partial charge in [0.1, 0.15) is 5.69 Å². The van der Waals surface area contributed by atoms with E-state index in [9.17, 15) is 9.59 Å². The molecule has 6 heteroatoms. The molecule has 20 heavy (non-hydrogen) atoms. The monoisotopic (exact) mass is 338 g/mol. The Balaban J connectivity index is 2.22. The molecule has 0 bridgehead atoms. The number of H-pyrrole nitrogens is 1. The van der Waals surface area contributed by atoms with Crippen LogP contribution in [0.5, 0.6) is 0 Å². The second-order valence-electron chi connectivity index (χ2n) is 4.44. The summed E-state index contributed by atoms with van der Waals surface area (Å²) >= 11 is 3.38. The first-order valence-electron chi connectivity index (χ1n) is 6.30. The van der Waals surface area contributed by atoms with Gasteiger partial charge in [-0.25, -0.2) is 0 Å². The number of aromatic amines is 1. The third-order valence-corrected chi connectivity index (χ3v) is 3.57. The normalized spacial score (nSPS) is 10.7. The van der Waals surface area contributed by atoms with Crippen molar-refractivity contribution in [3.63, 3.8) is 0 Å². The number of hydrogen-bond donors (Lipinski definition) is 2. The van der Waals surface area contributed by atoms with Crippen molar-refractivity contribution < 1.29 is 14.7 Å². The highest BCUT2D eigenvalue weighted by atomic mass is 79.9. The van der Waals surface area contributed by atoms with Crippen LogP contribution in [0.25, 0.3) is 10.9 Å². The second-order valence-corrected chi connectivity index (χ2v) is 5.36. The average Bonchev–Trinajstić information content (AvgIpc) is 2.81. The lowest BCUT2D eigenvalue weighted by molar-refractivity contribution is -0.137. The van der Waals surface area contributed by atoms with E-state index < -0.39 is 5.97 Å². The molecule has 0 unspecified atom stereocenters. The predicted octanol–water partition coefficient (Wildman–Crippen LogP) is 2.87. The number of nitrogens with zero attached hydrogens (tertiary/aromatic N) is 1. The summed E-state index contributed by atoms with van der Waals surface area (Å²) in [5.41, 5.74) is 1.35. The Morgan fingerprint density at radius 3 is 2.75 bits per heavy atom. The van der Waals surface area contributed by atoms with Crippen molar-refractivity contribution in [2.45, 2.75) is 13.3 Å². The summed E-state index contributed by atoms with van der Waals surface area (Å²) in [6.45, 7) is 2.52. The first-order chi connectivity index (χ1) is 9.51. The van der Waals surface area contributed by atoms with E-state index in [-0.39, 0.29) is 18.9 Å². The summed E-state index contributed by atoms with van der Waals surface area (Å²) in [5, 5.41) is 9.65. The highest BCUT2D eigenvalue weighted by molar-refractivity contribution is 9.10. The summed E-state index contributed by atoms with van der Waals surface area (Å²) in [6.07, 6.45) is -0.0502. The number of carboxylic acids is 1. The van der Waals surface area contributed by atoms with Crippen molar-refractivity contribution in [3.05, 3.63) is 34.4 Å². The van der Waals surface area contributed by atoms with E-state index in [1.54, 1.807) is 6.07 Å². The summed E-state index contributed by atoms with van der Waals surface area (Å²) in [6, 6.07) is 7.51. The van der Waals surface area contributed by atoms with Crippen LogP contribution in [-0.4, -0.2) is 40.0 Å². The second kappa shape index (κ2) is 6.09. The summed E-state index contributed by atoms with van der Waals surface area (Å²) < 4.78 is 0.934. The topological polar surface area (TPSA) is 73.4 Å². The number of hydrogen-bond acceptors (Lipinski definition) is 2. The Hall–Kier alpha value is -1.82. The van der Waals surface area contributed by atoms with E-state index in [1.807, 2.05) is 25.1 Å². The molecule has 0 atom stereocenters. The third kappa shape index (κ3) is 3.19. The number of rotatable bonds is 5. The van der Waals surface area contributed by atoms with Gasteiger partial charge in [-0.2, -0.15) is 0 Å². The third-order valence-electron chi connectivity index (χ3n) is 3.08. The Kier molecular flexibility index (Phi) is 4.44. The maximum absolute atomic E-state index is 12.3. The SMILES string of the molecule is CCN(CCC(=O)O)C(=O)c1cc2ccc(Br)cc2[nH]1. The molecule has 5 nitrogen and oxygen atoms in total. The Morgan fingerprint density at radius 2 is 2.10 bits per heavy atom. The zero-order chi connectivity index (χ0) is 14.7. The first kappa shape index (κ1) is 14.6. The Labute approximate surface area is 124 Å². The van der Waals surface area contributed by atoms with Crippen molar-refractivity contribution in [2.75, 3.05) is 13.1 Å². The lowest BCUT2D eigenvalue weighted by Gasteiger charge is -2.18. The minimum absolute atomic E-state index is 0.0502. The molecule has 1 heterocycles. The van der Waals surface area contributed by atoms with Gasteiger partial charge in [0.25, 0.3) is 5.91 Å². The van der Waals surface area contributed by atoms with Crippen LogP contribution in [-0.2, 0) is 4.79 Å². The lowest BCUT2D eigenvalue weighted by Crippen LogP contribution is -2.33.